The summed E-state index contributed by atoms with van der Waals surface area (Å²) in [6, 6.07) is 16.4. The topological polar surface area (TPSA) is 123 Å². The molecular weight excluding hydrogens is 620 g/mol. The SMILES string of the molecule is CCCc1nc(C)c(C(=O)NC)n1Cc1c2ccocc-2c(Br)c1-c1ccccc1C(=O)NS(=O)(=O)c1ccccc1. The predicted molar refractivity (Wildman–Crippen MR) is 163 cm³/mol. The first-order valence-electron chi connectivity index (χ1n) is 13.3. The highest BCUT2D eigenvalue weighted by molar-refractivity contribution is 9.10. The molecule has 216 valence electrons. The molecule has 0 saturated carbocycles. The summed E-state index contributed by atoms with van der Waals surface area (Å²) in [6.45, 7) is 4.14. The van der Waals surface area contributed by atoms with Gasteiger partial charge >= 0.3 is 0 Å². The summed E-state index contributed by atoms with van der Waals surface area (Å²) in [7, 11) is -2.53. The molecule has 0 bridgehead atoms. The van der Waals surface area contributed by atoms with E-state index in [1.165, 1.54) is 12.1 Å². The van der Waals surface area contributed by atoms with Gasteiger partial charge < -0.3 is 14.3 Å². The molecule has 2 amide bonds. The van der Waals surface area contributed by atoms with E-state index in [1.54, 1.807) is 62.0 Å². The van der Waals surface area contributed by atoms with E-state index in [2.05, 4.69) is 26.0 Å². The van der Waals surface area contributed by atoms with E-state index in [-0.39, 0.29) is 22.9 Å². The number of benzene rings is 2. The second-order valence-electron chi connectivity index (χ2n) is 9.72. The lowest BCUT2D eigenvalue weighted by Crippen LogP contribution is -2.31. The van der Waals surface area contributed by atoms with Gasteiger partial charge in [0.2, 0.25) is 0 Å². The zero-order valence-electron chi connectivity index (χ0n) is 23.3. The minimum Gasteiger partial charge on any atom is -0.472 e. The van der Waals surface area contributed by atoms with Crippen LogP contribution in [0, 0.1) is 6.92 Å². The van der Waals surface area contributed by atoms with Crippen LogP contribution in [0.3, 0.4) is 0 Å². The van der Waals surface area contributed by atoms with E-state index < -0.39 is 15.9 Å². The third-order valence-electron chi connectivity index (χ3n) is 7.05. The fourth-order valence-electron chi connectivity index (χ4n) is 5.16. The number of halogens is 1. The quantitative estimate of drug-likeness (QED) is 0.208. The van der Waals surface area contributed by atoms with E-state index in [4.69, 9.17) is 9.40 Å². The Morgan fingerprint density at radius 3 is 2.40 bits per heavy atom. The summed E-state index contributed by atoms with van der Waals surface area (Å²) < 4.78 is 36.3. The molecule has 1 aliphatic heterocycles. The highest BCUT2D eigenvalue weighted by Crippen LogP contribution is 2.47. The van der Waals surface area contributed by atoms with Gasteiger partial charge in [-0.15, -0.1) is 0 Å². The molecule has 1 aromatic heterocycles. The Kier molecular flexibility index (Phi) is 8.33. The van der Waals surface area contributed by atoms with Crippen LogP contribution in [0.5, 0.6) is 0 Å². The molecule has 9 nitrogen and oxygen atoms in total. The number of nitrogens with one attached hydrogen (secondary N) is 2. The Bertz CT molecular complexity index is 1860. The number of rotatable bonds is 9. The van der Waals surface area contributed by atoms with Crippen molar-refractivity contribution in [2.45, 2.75) is 38.1 Å². The lowest BCUT2D eigenvalue weighted by atomic mass is 9.97. The number of nitrogens with zero attached hydrogens (tertiary/aromatic N) is 2. The van der Waals surface area contributed by atoms with Crippen molar-refractivity contribution < 1.29 is 22.4 Å². The van der Waals surface area contributed by atoms with Gasteiger partial charge in [-0.05, 0) is 70.2 Å². The van der Waals surface area contributed by atoms with Crippen LogP contribution >= 0.6 is 15.9 Å². The first-order valence-corrected chi connectivity index (χ1v) is 15.6. The number of hydrogen-bond donors (Lipinski definition) is 2. The normalized spacial score (nSPS) is 11.5. The van der Waals surface area contributed by atoms with Crippen LogP contribution in [0.15, 0.2) is 87.0 Å². The van der Waals surface area contributed by atoms with Crippen LogP contribution in [0.1, 0.15) is 51.3 Å². The van der Waals surface area contributed by atoms with Crippen LogP contribution in [-0.2, 0) is 23.0 Å². The fraction of sp³-hybridized carbons (Fsp3) is 0.194. The third-order valence-corrected chi connectivity index (χ3v) is 9.22. The molecule has 2 N–H and O–H groups in total. The van der Waals surface area contributed by atoms with Crippen molar-refractivity contribution >= 4 is 37.8 Å². The maximum absolute atomic E-state index is 13.6. The van der Waals surface area contributed by atoms with Gasteiger partial charge in [0.1, 0.15) is 11.5 Å². The van der Waals surface area contributed by atoms with Crippen molar-refractivity contribution in [3.8, 4) is 22.3 Å². The van der Waals surface area contributed by atoms with E-state index >= 15 is 0 Å². The number of carbonyl (C=O) groups is 2. The highest BCUT2D eigenvalue weighted by Gasteiger charge is 2.29. The lowest BCUT2D eigenvalue weighted by Gasteiger charge is -2.16. The Labute approximate surface area is 252 Å². The van der Waals surface area contributed by atoms with E-state index in [9.17, 15) is 18.0 Å². The fourth-order valence-corrected chi connectivity index (χ4v) is 6.91. The number of amides is 2. The Balaban J connectivity index is 1.68. The van der Waals surface area contributed by atoms with Crippen molar-refractivity contribution in [3.63, 3.8) is 0 Å². The minimum atomic E-state index is -4.11. The van der Waals surface area contributed by atoms with Gasteiger partial charge in [-0.1, -0.05) is 43.3 Å². The minimum absolute atomic E-state index is 0.0148. The molecule has 3 aromatic rings. The lowest BCUT2D eigenvalue weighted by molar-refractivity contribution is 0.0951. The average molecular weight is 650 g/mol. The van der Waals surface area contributed by atoms with Gasteiger partial charge in [0.25, 0.3) is 21.8 Å². The summed E-state index contributed by atoms with van der Waals surface area (Å²) in [6.07, 6.45) is 4.68. The molecule has 2 aliphatic rings. The van der Waals surface area contributed by atoms with Crippen molar-refractivity contribution in [3.05, 3.63) is 106 Å². The summed E-state index contributed by atoms with van der Waals surface area (Å²) in [5.74, 6) is -0.246. The number of hydrogen-bond acceptors (Lipinski definition) is 6. The van der Waals surface area contributed by atoms with E-state index in [0.29, 0.717) is 33.4 Å². The maximum Gasteiger partial charge on any atom is 0.269 e. The Morgan fingerprint density at radius 1 is 0.976 bits per heavy atom. The van der Waals surface area contributed by atoms with Crippen molar-refractivity contribution in [1.29, 1.82) is 0 Å². The molecule has 5 rings (SSSR count). The van der Waals surface area contributed by atoms with Crippen LogP contribution in [0.25, 0.3) is 22.3 Å². The second kappa shape index (κ2) is 11.9. The van der Waals surface area contributed by atoms with Crippen LogP contribution in [-0.4, -0.2) is 36.8 Å². The Hall–Kier alpha value is -4.22. The molecule has 0 unspecified atom stereocenters. The summed E-state index contributed by atoms with van der Waals surface area (Å²) in [5.41, 5.74) is 4.90. The molecule has 1 aliphatic carbocycles. The van der Waals surface area contributed by atoms with Crippen LogP contribution in [0.2, 0.25) is 0 Å². The van der Waals surface area contributed by atoms with Gasteiger partial charge in [-0.3, -0.25) is 9.59 Å². The van der Waals surface area contributed by atoms with Crippen LogP contribution in [0.4, 0.5) is 0 Å². The zero-order chi connectivity index (χ0) is 30.0. The third kappa shape index (κ3) is 5.37. The van der Waals surface area contributed by atoms with Crippen molar-refractivity contribution in [2.75, 3.05) is 7.05 Å². The molecule has 2 aromatic carbocycles. The van der Waals surface area contributed by atoms with Gasteiger partial charge in [0, 0.05) is 34.6 Å². The molecule has 42 heavy (non-hydrogen) atoms. The average Bonchev–Trinajstić information content (AvgIpc) is 3.45. The number of fused-ring (bicyclic) bond motifs is 1. The van der Waals surface area contributed by atoms with Crippen molar-refractivity contribution in [1.82, 2.24) is 19.6 Å². The summed E-state index contributed by atoms with van der Waals surface area (Å²) >= 11 is 3.74. The molecule has 0 radical (unpaired) electrons. The van der Waals surface area contributed by atoms with Crippen molar-refractivity contribution in [2.24, 2.45) is 0 Å². The molecule has 0 spiro atoms. The molecule has 0 fully saturated rings. The summed E-state index contributed by atoms with van der Waals surface area (Å²) in [5, 5.41) is 2.72. The number of aryl methyl sites for hydroxylation is 2. The van der Waals surface area contributed by atoms with Crippen LogP contribution < -0.4 is 10.0 Å². The van der Waals surface area contributed by atoms with E-state index in [1.807, 2.05) is 24.5 Å². The van der Waals surface area contributed by atoms with Gasteiger partial charge in [-0.25, -0.2) is 18.1 Å². The smallest absolute Gasteiger partial charge is 0.269 e. The molecule has 0 saturated heterocycles. The van der Waals surface area contributed by atoms with Gasteiger partial charge in [-0.2, -0.15) is 0 Å². The van der Waals surface area contributed by atoms with Gasteiger partial charge in [0.15, 0.2) is 0 Å². The number of imidazole rings is 1. The molecular formula is C31H29BrN4O5S. The molecule has 2 heterocycles. The second-order valence-corrected chi connectivity index (χ2v) is 12.2. The van der Waals surface area contributed by atoms with Gasteiger partial charge in [0.05, 0.1) is 29.7 Å². The molecule has 0 atom stereocenters. The molecule has 11 heteroatoms. The summed E-state index contributed by atoms with van der Waals surface area (Å²) in [4.78, 5) is 31.2. The maximum atomic E-state index is 13.6. The standard InChI is InChI=1S/C31H29BrN4O5S/c1-4-10-26-34-19(2)29(31(38)33-3)36(26)17-24-21-15-16-41-18-25(21)28(32)27(24)22-13-8-9-14-23(22)30(37)35-42(39,40)20-11-6-5-7-12-20/h5-9,11-16,18H,4,10,17H2,1-3H3,(H,33,38)(H,35,37). The first kappa shape index (κ1) is 29.3. The zero-order valence-corrected chi connectivity index (χ0v) is 25.7. The largest absolute Gasteiger partial charge is 0.472 e. The predicted octanol–water partition coefficient (Wildman–Crippen LogP) is 5.80. The number of sulfonamides is 1. The monoisotopic (exact) mass is 648 g/mol. The Morgan fingerprint density at radius 2 is 1.69 bits per heavy atom. The number of carbonyl (C=O) groups excluding carboxylic acids is 2. The first-order chi connectivity index (χ1) is 20.2. The highest BCUT2D eigenvalue weighted by atomic mass is 79.9. The number of aromatic nitrogens is 2. The van der Waals surface area contributed by atoms with E-state index in [0.717, 1.165) is 28.9 Å².